The van der Waals surface area contributed by atoms with Crippen molar-refractivity contribution >= 4 is 5.97 Å². The number of hydrogen-bond acceptors (Lipinski definition) is 7. The zero-order chi connectivity index (χ0) is 26.9. The smallest absolute Gasteiger partial charge is 0.433 e. The quantitative estimate of drug-likeness (QED) is 0.438. The Morgan fingerprint density at radius 1 is 1.11 bits per heavy atom. The van der Waals surface area contributed by atoms with Crippen LogP contribution in [0.2, 0.25) is 0 Å². The highest BCUT2D eigenvalue weighted by atomic mass is 19.4. The molecule has 3 heterocycles. The average Bonchev–Trinajstić information content (AvgIpc) is 3.57. The number of benzene rings is 1. The summed E-state index contributed by atoms with van der Waals surface area (Å²) in [5.74, 6) is -1.38. The molecule has 204 valence electrons. The number of aromatic nitrogens is 4. The SMILES string of the molecule is O=C(O)[C@H]1CCCN(C[C@H](O)c2ccc(-c3noc(-c4cnn(C5CCCCC5)c4C(F)(F)F)n3)cc2)C1. The highest BCUT2D eigenvalue weighted by Gasteiger charge is 2.41. The lowest BCUT2D eigenvalue weighted by molar-refractivity contribution is -0.145. The van der Waals surface area contributed by atoms with Crippen LogP contribution in [0.15, 0.2) is 35.0 Å². The summed E-state index contributed by atoms with van der Waals surface area (Å²) in [6.45, 7) is 1.43. The van der Waals surface area contributed by atoms with Crippen LogP contribution in [-0.4, -0.2) is 60.6 Å². The number of carbonyl (C=O) groups is 1. The molecule has 0 radical (unpaired) electrons. The number of aliphatic hydroxyl groups excluding tert-OH is 1. The molecule has 2 N–H and O–H groups in total. The number of aliphatic hydroxyl groups is 1. The van der Waals surface area contributed by atoms with Crippen molar-refractivity contribution in [3.05, 3.63) is 41.7 Å². The van der Waals surface area contributed by atoms with E-state index < -0.39 is 29.9 Å². The van der Waals surface area contributed by atoms with Crippen LogP contribution in [0.1, 0.15) is 68.3 Å². The Labute approximate surface area is 217 Å². The normalized spacial score (nSPS) is 20.5. The van der Waals surface area contributed by atoms with Crippen molar-refractivity contribution in [1.82, 2.24) is 24.8 Å². The lowest BCUT2D eigenvalue weighted by Crippen LogP contribution is -2.40. The van der Waals surface area contributed by atoms with Crippen molar-refractivity contribution in [3.63, 3.8) is 0 Å². The van der Waals surface area contributed by atoms with Gasteiger partial charge in [0.15, 0.2) is 5.69 Å². The van der Waals surface area contributed by atoms with E-state index in [2.05, 4.69) is 15.2 Å². The molecule has 1 saturated carbocycles. The Morgan fingerprint density at radius 3 is 2.53 bits per heavy atom. The molecule has 5 rings (SSSR count). The number of nitrogens with zero attached hydrogens (tertiary/aromatic N) is 5. The highest BCUT2D eigenvalue weighted by Crippen LogP contribution is 2.40. The number of β-amino-alcohol motifs (C(OH)–C–C–N with tert-alkyl or cyclic N) is 1. The van der Waals surface area contributed by atoms with Gasteiger partial charge in [0.05, 0.1) is 29.8 Å². The van der Waals surface area contributed by atoms with E-state index in [1.54, 1.807) is 24.3 Å². The van der Waals surface area contributed by atoms with E-state index in [1.165, 1.54) is 0 Å². The standard InChI is InChI=1S/C26H30F3N5O4/c27-26(28,29)22-20(13-30-34(22)19-6-2-1-3-7-19)24-31-23(32-38-24)17-10-8-16(9-11-17)21(35)15-33-12-4-5-18(14-33)25(36)37/h8-11,13,18-19,21,35H,1-7,12,14-15H2,(H,36,37)/t18-,21-/m0/s1. The van der Waals surface area contributed by atoms with Crippen molar-refractivity contribution in [1.29, 1.82) is 0 Å². The maximum absolute atomic E-state index is 14.1. The molecule has 2 fully saturated rings. The molecule has 0 spiro atoms. The molecule has 2 aromatic heterocycles. The first-order valence-electron chi connectivity index (χ1n) is 12.9. The van der Waals surface area contributed by atoms with E-state index in [0.717, 1.165) is 43.1 Å². The Balaban J connectivity index is 1.31. The molecule has 9 nitrogen and oxygen atoms in total. The van der Waals surface area contributed by atoms with E-state index in [9.17, 15) is 28.2 Å². The fraction of sp³-hybridized carbons (Fsp3) is 0.538. The molecule has 38 heavy (non-hydrogen) atoms. The summed E-state index contributed by atoms with van der Waals surface area (Å²) in [6.07, 6.45) is 1.13. The minimum Gasteiger partial charge on any atom is -0.481 e. The van der Waals surface area contributed by atoms with Crippen LogP contribution >= 0.6 is 0 Å². The predicted molar refractivity (Wildman–Crippen MR) is 130 cm³/mol. The summed E-state index contributed by atoms with van der Waals surface area (Å²) < 4.78 is 48.5. The van der Waals surface area contributed by atoms with Gasteiger partial charge in [-0.15, -0.1) is 0 Å². The molecule has 3 aromatic rings. The van der Waals surface area contributed by atoms with Crippen molar-refractivity contribution in [2.75, 3.05) is 19.6 Å². The molecule has 0 bridgehead atoms. The summed E-state index contributed by atoms with van der Waals surface area (Å²) in [7, 11) is 0. The molecule has 12 heteroatoms. The summed E-state index contributed by atoms with van der Waals surface area (Å²) in [6, 6.07) is 6.41. The molecular weight excluding hydrogens is 503 g/mol. The fourth-order valence-electron chi connectivity index (χ4n) is 5.48. The number of piperidine rings is 1. The van der Waals surface area contributed by atoms with Gasteiger partial charge in [-0.05, 0) is 37.8 Å². The Kier molecular flexibility index (Phi) is 7.53. The average molecular weight is 534 g/mol. The van der Waals surface area contributed by atoms with Gasteiger partial charge in [-0.3, -0.25) is 14.4 Å². The molecule has 2 aliphatic rings. The van der Waals surface area contributed by atoms with E-state index in [-0.39, 0.29) is 23.3 Å². The van der Waals surface area contributed by atoms with Crippen molar-refractivity contribution in [3.8, 4) is 22.8 Å². The number of aliphatic carboxylic acids is 1. The number of hydrogen-bond donors (Lipinski definition) is 2. The molecule has 0 unspecified atom stereocenters. The second-order valence-electron chi connectivity index (χ2n) is 10.1. The molecule has 1 aliphatic carbocycles. The highest BCUT2D eigenvalue weighted by molar-refractivity contribution is 5.70. The maximum atomic E-state index is 14.1. The summed E-state index contributed by atoms with van der Waals surface area (Å²) >= 11 is 0. The van der Waals surface area contributed by atoms with Gasteiger partial charge in [-0.25, -0.2) is 0 Å². The van der Waals surface area contributed by atoms with Crippen LogP contribution in [-0.2, 0) is 11.0 Å². The number of rotatable bonds is 7. The first kappa shape index (κ1) is 26.4. The van der Waals surface area contributed by atoms with Crippen LogP contribution in [0.3, 0.4) is 0 Å². The van der Waals surface area contributed by atoms with Crippen LogP contribution < -0.4 is 0 Å². The third-order valence-electron chi connectivity index (χ3n) is 7.48. The Bertz CT molecular complexity index is 1250. The van der Waals surface area contributed by atoms with Gasteiger partial charge < -0.3 is 14.7 Å². The number of carboxylic acids is 1. The number of halogens is 3. The summed E-state index contributed by atoms with van der Waals surface area (Å²) in [5, 5.41) is 27.9. The molecule has 1 saturated heterocycles. The van der Waals surface area contributed by atoms with Crippen LogP contribution in [0.25, 0.3) is 22.8 Å². The van der Waals surface area contributed by atoms with E-state index in [4.69, 9.17) is 4.52 Å². The minimum atomic E-state index is -4.63. The van der Waals surface area contributed by atoms with Gasteiger partial charge in [-0.1, -0.05) is 48.7 Å². The Morgan fingerprint density at radius 2 is 1.84 bits per heavy atom. The minimum absolute atomic E-state index is 0.125. The van der Waals surface area contributed by atoms with Crippen LogP contribution in [0.4, 0.5) is 13.2 Å². The second kappa shape index (κ2) is 10.9. The largest absolute Gasteiger partial charge is 0.481 e. The van der Waals surface area contributed by atoms with Crippen molar-refractivity contribution in [2.45, 2.75) is 63.3 Å². The topological polar surface area (TPSA) is 118 Å². The van der Waals surface area contributed by atoms with E-state index in [0.29, 0.717) is 43.5 Å². The third kappa shape index (κ3) is 5.60. The van der Waals surface area contributed by atoms with E-state index in [1.807, 2.05) is 4.90 Å². The number of carboxylic acid groups (broad SMARTS) is 1. The van der Waals surface area contributed by atoms with E-state index >= 15 is 0 Å². The number of alkyl halides is 3. The van der Waals surface area contributed by atoms with Gasteiger partial charge in [0.1, 0.15) is 0 Å². The van der Waals surface area contributed by atoms with Gasteiger partial charge in [0.2, 0.25) is 5.82 Å². The third-order valence-corrected chi connectivity index (χ3v) is 7.48. The van der Waals surface area contributed by atoms with Gasteiger partial charge in [-0.2, -0.15) is 23.3 Å². The summed E-state index contributed by atoms with van der Waals surface area (Å²) in [5.41, 5.74) is 0.0344. The predicted octanol–water partition coefficient (Wildman–Crippen LogP) is 4.95. The first-order valence-corrected chi connectivity index (χ1v) is 12.9. The van der Waals surface area contributed by atoms with Gasteiger partial charge >= 0.3 is 12.1 Å². The van der Waals surface area contributed by atoms with Gasteiger partial charge in [0.25, 0.3) is 5.89 Å². The number of likely N-dealkylation sites (tertiary alicyclic amines) is 1. The molecule has 0 amide bonds. The zero-order valence-corrected chi connectivity index (χ0v) is 20.8. The zero-order valence-electron chi connectivity index (χ0n) is 20.8. The van der Waals surface area contributed by atoms with Crippen LogP contribution in [0.5, 0.6) is 0 Å². The summed E-state index contributed by atoms with van der Waals surface area (Å²) in [4.78, 5) is 17.5. The lowest BCUT2D eigenvalue weighted by atomic mass is 9.95. The molecule has 1 aliphatic heterocycles. The molecule has 2 atom stereocenters. The maximum Gasteiger partial charge on any atom is 0.433 e. The van der Waals surface area contributed by atoms with Crippen LogP contribution in [0, 0.1) is 5.92 Å². The van der Waals surface area contributed by atoms with Gasteiger partial charge in [0, 0.05) is 18.7 Å². The second-order valence-corrected chi connectivity index (χ2v) is 10.1. The molecular formula is C26H30F3N5O4. The van der Waals surface area contributed by atoms with Crippen molar-refractivity contribution < 1.29 is 32.7 Å². The monoisotopic (exact) mass is 533 g/mol. The van der Waals surface area contributed by atoms with Crippen molar-refractivity contribution in [2.24, 2.45) is 5.92 Å². The Hall–Kier alpha value is -3.25. The fourth-order valence-corrected chi connectivity index (χ4v) is 5.48. The lowest BCUT2D eigenvalue weighted by Gasteiger charge is -2.32. The molecule has 1 aromatic carbocycles. The first-order chi connectivity index (χ1) is 18.2.